The fourth-order valence-electron chi connectivity index (χ4n) is 1.03. The van der Waals surface area contributed by atoms with E-state index in [1.807, 2.05) is 0 Å². The normalized spacial score (nSPS) is 10.5. The maximum Gasteiger partial charge on any atom is 1.00 e. The zero-order chi connectivity index (χ0) is 20.4. The molecule has 0 bridgehead atoms. The number of benzene rings is 1. The Hall–Kier alpha value is 4.90. The summed E-state index contributed by atoms with van der Waals surface area (Å²) in [6, 6.07) is 0.520. The van der Waals surface area contributed by atoms with Gasteiger partial charge in [-0.05, 0) is 6.07 Å². The first-order valence-corrected chi connectivity index (χ1v) is 10.7. The third-order valence-corrected chi connectivity index (χ3v) is 5.05. The molecule has 0 radical (unpaired) electrons. The number of rotatable bonds is 4. The van der Waals surface area contributed by atoms with Gasteiger partial charge < -0.3 is 52.3 Å². The van der Waals surface area contributed by atoms with Crippen molar-refractivity contribution in [2.24, 2.45) is 0 Å². The van der Waals surface area contributed by atoms with E-state index >= 15 is 0 Å². The molecule has 15 nitrogen and oxygen atoms in total. The predicted octanol–water partition coefficient (Wildman–Crippen LogP) is -22.4. The zero-order valence-corrected chi connectivity index (χ0v) is 32.5. The average Bonchev–Trinajstić information content (AvgIpc) is 2.25. The van der Waals surface area contributed by atoms with E-state index in [1.165, 1.54) is 0 Å². The van der Waals surface area contributed by atoms with Gasteiger partial charge in [-0.3, -0.25) is 0 Å². The van der Waals surface area contributed by atoms with Crippen LogP contribution < -0.4 is 197 Å². The van der Waals surface area contributed by atoms with Gasteiger partial charge in [0.2, 0.25) is 0 Å². The van der Waals surface area contributed by atoms with Crippen molar-refractivity contribution in [3.8, 4) is 11.5 Å². The van der Waals surface area contributed by atoms with Gasteiger partial charge in [-0.2, -0.15) is 0 Å². The van der Waals surface area contributed by atoms with Crippen LogP contribution in [-0.2, 0) is 33.7 Å². The molecular weight excluding hydrogens is 576 g/mol. The molecule has 1 rings (SSSR count). The van der Waals surface area contributed by atoms with Crippen molar-refractivity contribution in [2.45, 2.75) is 9.79 Å². The quantitative estimate of drug-likeness (QED) is 0.145. The molecule has 0 aliphatic carbocycles. The van der Waals surface area contributed by atoms with Crippen LogP contribution in [0.5, 0.6) is 11.5 Å². The van der Waals surface area contributed by atoms with Gasteiger partial charge in [-0.25, -0.2) is 16.8 Å². The molecule has 0 aliphatic rings. The van der Waals surface area contributed by atoms with Crippen molar-refractivity contribution < 1.29 is 247 Å². The van der Waals surface area contributed by atoms with Crippen molar-refractivity contribution in [2.75, 3.05) is 0 Å². The van der Waals surface area contributed by atoms with Crippen molar-refractivity contribution in [1.82, 2.24) is 0 Å². The van der Waals surface area contributed by atoms with Crippen molar-refractivity contribution in [1.29, 1.82) is 0 Å². The van der Waals surface area contributed by atoms with Crippen LogP contribution >= 0.6 is 15.6 Å². The summed E-state index contributed by atoms with van der Waals surface area (Å²) in [5.74, 6) is -2.49. The molecule has 146 valence electrons. The molecule has 0 unspecified atom stereocenters. The Labute approximate surface area is 309 Å². The Balaban J connectivity index is -0.0000000687. The third kappa shape index (κ3) is 25.0. The number of hydrogen-bond donors (Lipinski definition) is 2. The number of phosphoric acid groups is 2. The Morgan fingerprint density at radius 2 is 1.03 bits per heavy atom. The summed E-state index contributed by atoms with van der Waals surface area (Å²) in [6.45, 7) is 0. The van der Waals surface area contributed by atoms with E-state index in [1.54, 1.807) is 0 Å². The first-order valence-electron chi connectivity index (χ1n) is 4.97. The zero-order valence-electron chi connectivity index (χ0n) is 17.1. The largest absolute Gasteiger partial charge is 1.00 e. The monoisotopic (exact) mass is 580 g/mol. The number of phenolic OH excluding ortho intramolecular Hbond substituents is 2. The fraction of sp³-hybridized carbons (Fsp3) is 0. The van der Waals surface area contributed by atoms with Crippen molar-refractivity contribution in [3.05, 3.63) is 12.1 Å². The first kappa shape index (κ1) is 52.4. The van der Waals surface area contributed by atoms with E-state index in [0.29, 0.717) is 6.07 Å². The van der Waals surface area contributed by atoms with Gasteiger partial charge >= 0.3 is 177 Å². The molecule has 0 aromatic heterocycles. The maximum atomic E-state index is 10.6. The van der Waals surface area contributed by atoms with E-state index in [2.05, 4.69) is 4.31 Å². The summed E-state index contributed by atoms with van der Waals surface area (Å²) >= 11 is 0. The van der Waals surface area contributed by atoms with E-state index < -0.39 is 57.2 Å². The molecule has 2 N–H and O–H groups in total. The molecule has 0 heterocycles. The second kappa shape index (κ2) is 20.8. The second-order valence-electron chi connectivity index (χ2n) is 3.67. The summed E-state index contributed by atoms with van der Waals surface area (Å²) in [5, 5.41) is 17.9. The second-order valence-corrected chi connectivity index (χ2v) is 8.84. The molecule has 0 saturated heterocycles. The van der Waals surface area contributed by atoms with E-state index in [9.17, 15) is 54.6 Å². The Morgan fingerprint density at radius 3 is 1.23 bits per heavy atom. The van der Waals surface area contributed by atoms with Crippen LogP contribution in [-0.4, -0.2) is 36.2 Å². The molecule has 0 spiro atoms. The molecule has 1 aromatic rings. The molecule has 25 heteroatoms. The Kier molecular flexibility index (Phi) is 35.1. The SMILES string of the molecule is O=P([O-])([O-])OP(=O)([O-])[O-].O=S(=O)([O-])c1cc(O)c(O)c(S(=O)(=O)[O-])c1.[Na+].[Na+].[Na+].[Na+].[Na+].[Na+]. The van der Waals surface area contributed by atoms with Gasteiger partial charge in [0.15, 0.2) is 11.5 Å². The summed E-state index contributed by atoms with van der Waals surface area (Å²) in [7, 11) is -21.6. The Morgan fingerprint density at radius 1 is 0.710 bits per heavy atom. The molecular formula is C6H4Na6O15P2S2. The molecule has 1 aromatic carbocycles. The minimum atomic E-state index is -5.68. The van der Waals surface area contributed by atoms with Crippen LogP contribution in [0.4, 0.5) is 0 Å². The minimum Gasteiger partial charge on any atom is -0.790 e. The summed E-state index contributed by atoms with van der Waals surface area (Å²) < 4.78 is 84.4. The van der Waals surface area contributed by atoms with E-state index in [4.69, 9.17) is 10.2 Å². The van der Waals surface area contributed by atoms with Crippen LogP contribution in [0.2, 0.25) is 0 Å². The molecule has 0 fully saturated rings. The van der Waals surface area contributed by atoms with E-state index in [-0.39, 0.29) is 183 Å². The van der Waals surface area contributed by atoms with Gasteiger partial charge in [0, 0.05) is 6.07 Å². The van der Waals surface area contributed by atoms with Crippen LogP contribution in [0.1, 0.15) is 0 Å². The molecule has 0 atom stereocenters. The standard InChI is InChI=1S/C6H6O8S2.6Na.H4O7P2/c7-4-1-3(15(9,10)11)2-5(6(4)8)16(12,13)14;;;;;;;1-8(2,3)7-9(4,5)6/h1-2,7-8H,(H,9,10,11)(H,12,13,14);;;;;;;(H2,1,2,3)(H2,4,5,6)/q;6*+1;/p-6. The van der Waals surface area contributed by atoms with E-state index in [0.717, 1.165) is 0 Å². The van der Waals surface area contributed by atoms with Crippen LogP contribution in [0, 0.1) is 0 Å². The number of hydrogen-bond acceptors (Lipinski definition) is 15. The topological polar surface area (TPSA) is 290 Å². The van der Waals surface area contributed by atoms with Gasteiger partial charge in [-0.15, -0.1) is 0 Å². The fourth-order valence-corrected chi connectivity index (χ4v) is 3.21. The first-order chi connectivity index (χ1) is 10.7. The average molecular weight is 580 g/mol. The maximum absolute atomic E-state index is 10.6. The van der Waals surface area contributed by atoms with Crippen LogP contribution in [0.25, 0.3) is 0 Å². The third-order valence-electron chi connectivity index (χ3n) is 1.79. The number of phenols is 2. The molecule has 0 aliphatic heterocycles. The Bertz CT molecular complexity index is 936. The van der Waals surface area contributed by atoms with Gasteiger partial charge in [0.05, 0.1) is 20.5 Å². The smallest absolute Gasteiger partial charge is 0.790 e. The van der Waals surface area contributed by atoms with Gasteiger partial charge in [0.1, 0.15) is 25.1 Å². The predicted molar refractivity (Wildman–Crippen MR) is 62.0 cm³/mol. The van der Waals surface area contributed by atoms with Gasteiger partial charge in [-0.1, -0.05) is 0 Å². The summed E-state index contributed by atoms with van der Waals surface area (Å²) in [4.78, 5) is 34.8. The molecule has 0 saturated carbocycles. The summed E-state index contributed by atoms with van der Waals surface area (Å²) in [5.41, 5.74) is 0. The van der Waals surface area contributed by atoms with Crippen LogP contribution in [0.15, 0.2) is 21.9 Å². The van der Waals surface area contributed by atoms with Gasteiger partial charge in [0.25, 0.3) is 0 Å². The number of aromatic hydroxyl groups is 2. The van der Waals surface area contributed by atoms with Crippen LogP contribution in [0.3, 0.4) is 0 Å². The summed E-state index contributed by atoms with van der Waals surface area (Å²) in [6.07, 6.45) is 0. The molecule has 31 heavy (non-hydrogen) atoms. The van der Waals surface area contributed by atoms with Crippen molar-refractivity contribution >= 4 is 35.9 Å². The van der Waals surface area contributed by atoms with Crippen molar-refractivity contribution in [3.63, 3.8) is 0 Å². The molecule has 0 amide bonds. The minimum absolute atomic E-state index is 0.